The zero-order valence-electron chi connectivity index (χ0n) is 19.0. The van der Waals surface area contributed by atoms with Crippen LogP contribution in [-0.2, 0) is 9.53 Å². The lowest BCUT2D eigenvalue weighted by atomic mass is 10.0. The number of carbonyl (C=O) groups excluding carboxylic acids is 2. The Kier molecular flexibility index (Phi) is 9.29. The van der Waals surface area contributed by atoms with E-state index in [9.17, 15) is 9.59 Å². The van der Waals surface area contributed by atoms with Gasteiger partial charge in [-0.15, -0.1) is 0 Å². The third-order valence-electron chi connectivity index (χ3n) is 4.37. The van der Waals surface area contributed by atoms with Crippen LogP contribution in [0.3, 0.4) is 0 Å². The molecule has 3 aromatic carbocycles. The highest BCUT2D eigenvalue weighted by atomic mass is 16.6. The van der Waals surface area contributed by atoms with Crippen molar-refractivity contribution < 1.29 is 28.5 Å². The molecule has 0 bridgehead atoms. The van der Waals surface area contributed by atoms with Gasteiger partial charge in [0, 0.05) is 6.92 Å². The van der Waals surface area contributed by atoms with Crippen LogP contribution in [0.4, 0.5) is 0 Å². The number of ether oxygens (including phenoxy) is 4. The summed E-state index contributed by atoms with van der Waals surface area (Å²) in [7, 11) is 2.82. The van der Waals surface area contributed by atoms with Gasteiger partial charge in [-0.05, 0) is 23.3 Å². The highest BCUT2D eigenvalue weighted by Crippen LogP contribution is 2.39. The summed E-state index contributed by atoms with van der Waals surface area (Å²) in [6, 6.07) is 21.9. The van der Waals surface area contributed by atoms with Gasteiger partial charge >= 0.3 is 11.9 Å². The number of methoxy groups -OCH3 is 2. The van der Waals surface area contributed by atoms with Crippen LogP contribution in [0.25, 0.3) is 0 Å². The van der Waals surface area contributed by atoms with Crippen LogP contribution in [0.2, 0.25) is 0 Å². The fourth-order valence-corrected chi connectivity index (χ4v) is 3.00. The molecule has 6 nitrogen and oxygen atoms in total. The lowest BCUT2D eigenvalue weighted by Gasteiger charge is -2.20. The second-order valence-corrected chi connectivity index (χ2v) is 6.41. The lowest BCUT2D eigenvalue weighted by Crippen LogP contribution is -2.14. The quantitative estimate of drug-likeness (QED) is 0.355. The normalized spacial score (nSPS) is 9.94. The molecule has 0 radical (unpaired) electrons. The van der Waals surface area contributed by atoms with Crippen LogP contribution >= 0.6 is 0 Å². The molecule has 6 heteroatoms. The third kappa shape index (κ3) is 6.11. The van der Waals surface area contributed by atoms with Crippen LogP contribution < -0.4 is 14.2 Å². The van der Waals surface area contributed by atoms with E-state index < -0.39 is 18.0 Å². The molecule has 3 rings (SSSR count). The molecule has 168 valence electrons. The summed E-state index contributed by atoms with van der Waals surface area (Å²) >= 11 is 0. The topological polar surface area (TPSA) is 71.1 Å². The van der Waals surface area contributed by atoms with Crippen molar-refractivity contribution in [3.05, 3.63) is 89.5 Å². The van der Waals surface area contributed by atoms with Gasteiger partial charge in [0.2, 0.25) is 5.75 Å². The average Bonchev–Trinajstić information content (AvgIpc) is 2.84. The van der Waals surface area contributed by atoms with Crippen LogP contribution in [0.1, 0.15) is 48.4 Å². The summed E-state index contributed by atoms with van der Waals surface area (Å²) in [5.74, 6) is -0.625. The molecule has 0 aliphatic heterocycles. The summed E-state index contributed by atoms with van der Waals surface area (Å²) < 4.78 is 21.6. The largest absolute Gasteiger partial charge is 0.493 e. The van der Waals surface area contributed by atoms with Crippen molar-refractivity contribution in [2.75, 3.05) is 14.2 Å². The first-order valence-electron chi connectivity index (χ1n) is 10.3. The first kappa shape index (κ1) is 24.5. The van der Waals surface area contributed by atoms with Crippen molar-refractivity contribution in [2.24, 2.45) is 0 Å². The van der Waals surface area contributed by atoms with E-state index >= 15 is 0 Å². The maximum Gasteiger partial charge on any atom is 0.339 e. The predicted octanol–water partition coefficient (Wildman–Crippen LogP) is 5.60. The first-order chi connectivity index (χ1) is 15.5. The third-order valence-corrected chi connectivity index (χ3v) is 4.37. The zero-order chi connectivity index (χ0) is 23.5. The molecule has 0 heterocycles. The fraction of sp³-hybridized carbons (Fsp3) is 0.231. The van der Waals surface area contributed by atoms with E-state index in [1.807, 2.05) is 74.5 Å². The minimum Gasteiger partial charge on any atom is -0.493 e. The molecule has 0 aromatic heterocycles. The van der Waals surface area contributed by atoms with Crippen LogP contribution in [-0.4, -0.2) is 26.2 Å². The van der Waals surface area contributed by atoms with E-state index in [1.54, 1.807) is 0 Å². The van der Waals surface area contributed by atoms with Crippen molar-refractivity contribution in [1.29, 1.82) is 0 Å². The molecule has 0 N–H and O–H groups in total. The maximum atomic E-state index is 13.0. The van der Waals surface area contributed by atoms with Gasteiger partial charge in [-0.25, -0.2) is 4.79 Å². The molecule has 0 fully saturated rings. The zero-order valence-corrected chi connectivity index (χ0v) is 19.0. The standard InChI is InChI=1S/C24H22O6.C2H6/c1-16(25)29-23-20(27-2)14-19(15-21(23)28-3)24(26)30-22(17-10-6-4-7-11-17)18-12-8-5-9-13-18;1-2/h4-15,22H,1-3H3;1-2H3. The number of rotatable bonds is 7. The highest BCUT2D eigenvalue weighted by Gasteiger charge is 2.24. The second-order valence-electron chi connectivity index (χ2n) is 6.41. The molecule has 0 atom stereocenters. The predicted molar refractivity (Wildman–Crippen MR) is 122 cm³/mol. The molecule has 0 saturated carbocycles. The molecular weight excluding hydrogens is 408 g/mol. The highest BCUT2D eigenvalue weighted by molar-refractivity contribution is 5.92. The van der Waals surface area contributed by atoms with Gasteiger partial charge in [0.15, 0.2) is 17.6 Å². The van der Waals surface area contributed by atoms with Gasteiger partial charge in [-0.1, -0.05) is 74.5 Å². The Balaban J connectivity index is 0.00000176. The molecule has 0 amide bonds. The summed E-state index contributed by atoms with van der Waals surface area (Å²) in [6.45, 7) is 5.27. The molecule has 0 saturated heterocycles. The van der Waals surface area contributed by atoms with Crippen LogP contribution in [0.15, 0.2) is 72.8 Å². The van der Waals surface area contributed by atoms with E-state index in [0.717, 1.165) is 11.1 Å². The van der Waals surface area contributed by atoms with Crippen molar-refractivity contribution >= 4 is 11.9 Å². The van der Waals surface area contributed by atoms with Gasteiger partial charge in [-0.2, -0.15) is 0 Å². The molecule has 0 aliphatic carbocycles. The van der Waals surface area contributed by atoms with Gasteiger partial charge in [-0.3, -0.25) is 4.79 Å². The Morgan fingerprint density at radius 3 is 1.56 bits per heavy atom. The molecule has 0 aliphatic rings. The fourth-order valence-electron chi connectivity index (χ4n) is 3.00. The molecule has 0 unspecified atom stereocenters. The van der Waals surface area contributed by atoms with Crippen molar-refractivity contribution in [3.63, 3.8) is 0 Å². The lowest BCUT2D eigenvalue weighted by molar-refractivity contribution is -0.132. The minimum atomic E-state index is -0.593. The maximum absolute atomic E-state index is 13.0. The Hall–Kier alpha value is -3.80. The molecular formula is C26H28O6. The van der Waals surface area contributed by atoms with Gasteiger partial charge in [0.25, 0.3) is 0 Å². The number of carbonyl (C=O) groups is 2. The summed E-state index contributed by atoms with van der Waals surface area (Å²) in [5, 5.41) is 0. The van der Waals surface area contributed by atoms with Gasteiger partial charge in [0.1, 0.15) is 0 Å². The Morgan fingerprint density at radius 2 is 1.19 bits per heavy atom. The number of esters is 2. The Morgan fingerprint density at radius 1 is 0.750 bits per heavy atom. The van der Waals surface area contributed by atoms with Gasteiger partial charge < -0.3 is 18.9 Å². The number of benzene rings is 3. The molecule has 3 aromatic rings. The van der Waals surface area contributed by atoms with E-state index in [-0.39, 0.29) is 22.8 Å². The number of hydrogen-bond acceptors (Lipinski definition) is 6. The average molecular weight is 437 g/mol. The monoisotopic (exact) mass is 436 g/mol. The van der Waals surface area contributed by atoms with E-state index in [1.165, 1.54) is 33.3 Å². The smallest absolute Gasteiger partial charge is 0.339 e. The molecule has 0 spiro atoms. The Bertz CT molecular complexity index is 950. The molecule has 32 heavy (non-hydrogen) atoms. The van der Waals surface area contributed by atoms with Crippen molar-refractivity contribution in [1.82, 2.24) is 0 Å². The van der Waals surface area contributed by atoms with Crippen molar-refractivity contribution in [3.8, 4) is 17.2 Å². The first-order valence-corrected chi connectivity index (χ1v) is 10.3. The summed E-state index contributed by atoms with van der Waals surface area (Å²) in [4.78, 5) is 24.4. The van der Waals surface area contributed by atoms with Crippen LogP contribution in [0, 0.1) is 0 Å². The van der Waals surface area contributed by atoms with E-state index in [4.69, 9.17) is 18.9 Å². The minimum absolute atomic E-state index is 0.103. The Labute approximate surface area is 188 Å². The van der Waals surface area contributed by atoms with E-state index in [0.29, 0.717) is 0 Å². The van der Waals surface area contributed by atoms with Crippen LogP contribution in [0.5, 0.6) is 17.2 Å². The summed E-state index contributed by atoms with van der Waals surface area (Å²) in [6.07, 6.45) is -0.593. The number of hydrogen-bond donors (Lipinski definition) is 0. The summed E-state index contributed by atoms with van der Waals surface area (Å²) in [5.41, 5.74) is 1.89. The van der Waals surface area contributed by atoms with Crippen molar-refractivity contribution in [2.45, 2.75) is 26.9 Å². The second kappa shape index (κ2) is 12.2. The SMILES string of the molecule is CC.COc1cc(C(=O)OC(c2ccccc2)c2ccccc2)cc(OC)c1OC(C)=O. The van der Waals surface area contributed by atoms with E-state index in [2.05, 4.69) is 0 Å². The van der Waals surface area contributed by atoms with Gasteiger partial charge in [0.05, 0.1) is 19.8 Å².